The summed E-state index contributed by atoms with van der Waals surface area (Å²) in [4.78, 5) is 9.73. The van der Waals surface area contributed by atoms with Crippen molar-refractivity contribution in [2.75, 3.05) is 13.7 Å². The van der Waals surface area contributed by atoms with Gasteiger partial charge in [-0.15, -0.1) is 12.4 Å². The van der Waals surface area contributed by atoms with Crippen LogP contribution in [0.25, 0.3) is 0 Å². The van der Waals surface area contributed by atoms with Crippen LogP contribution in [0.4, 0.5) is 5.69 Å². The Hall–Kier alpha value is -1.42. The molecule has 3 N–H and O–H groups in total. The Balaban J connectivity index is 0.00000361. The molecule has 0 aliphatic carbocycles. The molecule has 0 saturated carbocycles. The van der Waals surface area contributed by atoms with Crippen LogP contribution in [0.15, 0.2) is 23.1 Å². The van der Waals surface area contributed by atoms with E-state index in [1.54, 1.807) is 6.92 Å². The standard InChI is InChI=1S/C10H15N3O5S.ClH/c1-7(6-11)12-19(16,17)10-4-3-8(18-2)5-9(10)13(14)15;/h3-5,7,12H,6,11H2,1-2H3;1H/t7-;/m0./s1. The summed E-state index contributed by atoms with van der Waals surface area (Å²) in [5.41, 5.74) is 4.77. The maximum absolute atomic E-state index is 12.0. The van der Waals surface area contributed by atoms with Gasteiger partial charge in [0.1, 0.15) is 5.75 Å². The molecule has 0 aromatic heterocycles. The Kier molecular flexibility index (Phi) is 6.86. The molecule has 1 aromatic carbocycles. The summed E-state index contributed by atoms with van der Waals surface area (Å²) in [6, 6.07) is 3.01. The summed E-state index contributed by atoms with van der Waals surface area (Å²) < 4.78 is 31.1. The minimum absolute atomic E-state index is 0. The van der Waals surface area contributed by atoms with E-state index in [4.69, 9.17) is 10.5 Å². The van der Waals surface area contributed by atoms with Crippen LogP contribution in [0.3, 0.4) is 0 Å². The van der Waals surface area contributed by atoms with Crippen LogP contribution in [0.5, 0.6) is 5.75 Å². The van der Waals surface area contributed by atoms with Gasteiger partial charge in [-0.1, -0.05) is 0 Å². The molecule has 20 heavy (non-hydrogen) atoms. The van der Waals surface area contributed by atoms with E-state index in [1.165, 1.54) is 13.2 Å². The fourth-order valence-corrected chi connectivity index (χ4v) is 2.78. The van der Waals surface area contributed by atoms with Crippen LogP contribution < -0.4 is 15.2 Å². The molecule has 1 aromatic rings. The van der Waals surface area contributed by atoms with Crippen LogP contribution >= 0.6 is 12.4 Å². The topological polar surface area (TPSA) is 125 Å². The smallest absolute Gasteiger partial charge is 0.293 e. The number of sulfonamides is 1. The van der Waals surface area contributed by atoms with Crippen LogP contribution in [0.2, 0.25) is 0 Å². The fraction of sp³-hybridized carbons (Fsp3) is 0.400. The van der Waals surface area contributed by atoms with Crippen LogP contribution in [0.1, 0.15) is 6.92 Å². The maximum atomic E-state index is 12.0. The number of nitrogens with one attached hydrogen (secondary N) is 1. The van der Waals surface area contributed by atoms with Crippen molar-refractivity contribution in [1.29, 1.82) is 0 Å². The Morgan fingerprint density at radius 1 is 1.50 bits per heavy atom. The minimum Gasteiger partial charge on any atom is -0.497 e. The van der Waals surface area contributed by atoms with Gasteiger partial charge in [-0.2, -0.15) is 0 Å². The summed E-state index contributed by atoms with van der Waals surface area (Å²) in [6.45, 7) is 1.65. The molecule has 0 unspecified atom stereocenters. The zero-order chi connectivity index (χ0) is 14.6. The molecule has 0 fully saturated rings. The number of hydrogen-bond donors (Lipinski definition) is 2. The summed E-state index contributed by atoms with van der Waals surface area (Å²) in [5.74, 6) is 0.206. The molecule has 0 radical (unpaired) electrons. The van der Waals surface area contributed by atoms with Crippen molar-refractivity contribution in [2.24, 2.45) is 5.73 Å². The first-order chi connectivity index (χ1) is 8.81. The number of halogens is 1. The summed E-state index contributed by atoms with van der Waals surface area (Å²) in [7, 11) is -2.66. The van der Waals surface area contributed by atoms with E-state index in [2.05, 4.69) is 4.72 Å². The van der Waals surface area contributed by atoms with Gasteiger partial charge in [0.15, 0.2) is 4.90 Å². The second kappa shape index (κ2) is 7.39. The van der Waals surface area contributed by atoms with Crippen molar-refractivity contribution >= 4 is 28.1 Å². The molecule has 0 spiro atoms. The van der Waals surface area contributed by atoms with Crippen molar-refractivity contribution in [3.8, 4) is 5.75 Å². The number of hydrogen-bond acceptors (Lipinski definition) is 6. The Morgan fingerprint density at radius 2 is 2.10 bits per heavy atom. The van der Waals surface area contributed by atoms with Crippen molar-refractivity contribution in [3.05, 3.63) is 28.3 Å². The van der Waals surface area contributed by atoms with E-state index in [0.717, 1.165) is 12.1 Å². The molecule has 8 nitrogen and oxygen atoms in total. The second-order valence-electron chi connectivity index (χ2n) is 3.85. The number of rotatable bonds is 6. The lowest BCUT2D eigenvalue weighted by Gasteiger charge is -2.12. The molecule has 0 aliphatic heterocycles. The van der Waals surface area contributed by atoms with Gasteiger partial charge in [-0.25, -0.2) is 13.1 Å². The molecule has 0 amide bonds. The Labute approximate surface area is 122 Å². The van der Waals surface area contributed by atoms with Gasteiger partial charge >= 0.3 is 0 Å². The van der Waals surface area contributed by atoms with Crippen molar-refractivity contribution < 1.29 is 18.1 Å². The second-order valence-corrected chi connectivity index (χ2v) is 5.53. The number of nitro benzene ring substituents is 1. The monoisotopic (exact) mass is 325 g/mol. The zero-order valence-corrected chi connectivity index (χ0v) is 12.5. The molecular formula is C10H16ClN3O5S. The SMILES string of the molecule is COc1ccc(S(=O)(=O)N[C@@H](C)CN)c([N+](=O)[O-])c1.Cl. The van der Waals surface area contributed by atoms with Crippen molar-refractivity contribution in [3.63, 3.8) is 0 Å². The molecule has 114 valence electrons. The van der Waals surface area contributed by atoms with E-state index < -0.39 is 31.6 Å². The molecule has 0 saturated heterocycles. The van der Waals surface area contributed by atoms with Crippen LogP contribution in [-0.4, -0.2) is 33.0 Å². The average molecular weight is 326 g/mol. The molecule has 1 rings (SSSR count). The third kappa shape index (κ3) is 4.30. The Bertz CT molecular complexity index is 578. The molecule has 10 heteroatoms. The highest BCUT2D eigenvalue weighted by atomic mass is 35.5. The highest BCUT2D eigenvalue weighted by Gasteiger charge is 2.27. The highest BCUT2D eigenvalue weighted by Crippen LogP contribution is 2.28. The van der Waals surface area contributed by atoms with Crippen molar-refractivity contribution in [1.82, 2.24) is 4.72 Å². The normalized spacial score (nSPS) is 12.3. The summed E-state index contributed by atoms with van der Waals surface area (Å²) >= 11 is 0. The third-order valence-corrected chi connectivity index (χ3v) is 4.00. The van der Waals surface area contributed by atoms with Gasteiger partial charge in [-0.05, 0) is 19.1 Å². The number of methoxy groups -OCH3 is 1. The quantitative estimate of drug-likeness (QED) is 0.584. The van der Waals surface area contributed by atoms with E-state index in [0.29, 0.717) is 0 Å². The lowest BCUT2D eigenvalue weighted by molar-refractivity contribution is -0.387. The first-order valence-corrected chi connectivity index (χ1v) is 6.85. The number of benzene rings is 1. The minimum atomic E-state index is -4.00. The summed E-state index contributed by atoms with van der Waals surface area (Å²) in [5, 5.41) is 10.9. The fourth-order valence-electron chi connectivity index (χ4n) is 1.37. The zero-order valence-electron chi connectivity index (χ0n) is 10.9. The maximum Gasteiger partial charge on any atom is 0.293 e. The number of nitrogens with zero attached hydrogens (tertiary/aromatic N) is 1. The molecule has 0 heterocycles. The van der Waals surface area contributed by atoms with E-state index in [9.17, 15) is 18.5 Å². The average Bonchev–Trinajstić information content (AvgIpc) is 2.37. The first-order valence-electron chi connectivity index (χ1n) is 5.36. The number of ether oxygens (including phenoxy) is 1. The lowest BCUT2D eigenvalue weighted by atomic mass is 10.3. The predicted octanol–water partition coefficient (Wildman–Crippen LogP) is 0.651. The highest BCUT2D eigenvalue weighted by molar-refractivity contribution is 7.89. The van der Waals surface area contributed by atoms with Crippen LogP contribution in [-0.2, 0) is 10.0 Å². The predicted molar refractivity (Wildman–Crippen MR) is 75.7 cm³/mol. The third-order valence-electron chi connectivity index (χ3n) is 2.36. The lowest BCUT2D eigenvalue weighted by Crippen LogP contribution is -2.37. The van der Waals surface area contributed by atoms with Crippen molar-refractivity contribution in [2.45, 2.75) is 17.9 Å². The summed E-state index contributed by atoms with van der Waals surface area (Å²) in [6.07, 6.45) is 0. The van der Waals surface area contributed by atoms with Gasteiger partial charge in [0.2, 0.25) is 10.0 Å². The Morgan fingerprint density at radius 3 is 2.55 bits per heavy atom. The number of nitrogens with two attached hydrogens (primary N) is 1. The first kappa shape index (κ1) is 18.6. The number of nitro groups is 1. The van der Waals surface area contributed by atoms with Gasteiger partial charge in [0.25, 0.3) is 5.69 Å². The van der Waals surface area contributed by atoms with Gasteiger partial charge in [0.05, 0.1) is 18.1 Å². The van der Waals surface area contributed by atoms with Crippen LogP contribution in [0, 0.1) is 10.1 Å². The van der Waals surface area contributed by atoms with E-state index >= 15 is 0 Å². The molecule has 0 aliphatic rings. The van der Waals surface area contributed by atoms with Gasteiger partial charge in [-0.3, -0.25) is 10.1 Å². The van der Waals surface area contributed by atoms with Gasteiger partial charge in [0, 0.05) is 12.6 Å². The van der Waals surface area contributed by atoms with Gasteiger partial charge < -0.3 is 10.5 Å². The molecule has 0 bridgehead atoms. The van der Waals surface area contributed by atoms with E-state index in [-0.39, 0.29) is 24.7 Å². The molecular weight excluding hydrogens is 310 g/mol. The largest absolute Gasteiger partial charge is 0.497 e. The molecule has 1 atom stereocenters. The van der Waals surface area contributed by atoms with E-state index in [1.807, 2.05) is 0 Å².